The highest BCUT2D eigenvalue weighted by molar-refractivity contribution is 5.63. The minimum absolute atomic E-state index is 0.212. The minimum Gasteiger partial charge on any atom is -0.384 e. The number of hydrogen-bond acceptors (Lipinski definition) is 2. The summed E-state index contributed by atoms with van der Waals surface area (Å²) in [4.78, 5) is 0. The topological polar surface area (TPSA) is 43.8 Å². The third-order valence-corrected chi connectivity index (χ3v) is 2.54. The summed E-state index contributed by atoms with van der Waals surface area (Å²) in [6, 6.07) is 7.86. The summed E-state index contributed by atoms with van der Waals surface area (Å²) < 4.78 is 38.4. The van der Waals surface area contributed by atoms with Crippen LogP contribution in [0.3, 0.4) is 0 Å². The molecule has 0 fully saturated rings. The summed E-state index contributed by atoms with van der Waals surface area (Å²) in [5.74, 6) is 0.464. The fourth-order valence-corrected chi connectivity index (χ4v) is 1.69. The molecule has 0 saturated heterocycles. The Morgan fingerprint density at radius 3 is 2.56 bits per heavy atom. The van der Waals surface area contributed by atoms with Gasteiger partial charge in [-0.1, -0.05) is 18.2 Å². The van der Waals surface area contributed by atoms with Crippen LogP contribution < -0.4 is 5.73 Å². The molecule has 1 aromatic heterocycles. The standard InChI is InChI=1S/C12H12F3N3/c1-18-11(16)6-10(17-18)9-4-2-3-8(5-9)7-12(13,14)15/h2-6H,7,16H2,1H3. The summed E-state index contributed by atoms with van der Waals surface area (Å²) in [6.07, 6.45) is -5.15. The van der Waals surface area contributed by atoms with E-state index in [0.717, 1.165) is 0 Å². The highest BCUT2D eigenvalue weighted by Gasteiger charge is 2.27. The molecule has 0 aliphatic rings. The van der Waals surface area contributed by atoms with E-state index in [0.29, 0.717) is 17.1 Å². The van der Waals surface area contributed by atoms with Gasteiger partial charge < -0.3 is 5.73 Å². The summed E-state index contributed by atoms with van der Waals surface area (Å²) in [5.41, 5.74) is 7.05. The van der Waals surface area contributed by atoms with E-state index in [1.165, 1.54) is 16.8 Å². The lowest BCUT2D eigenvalue weighted by molar-refractivity contribution is -0.127. The highest BCUT2D eigenvalue weighted by Crippen LogP contribution is 2.25. The van der Waals surface area contributed by atoms with Crippen molar-refractivity contribution in [2.45, 2.75) is 12.6 Å². The van der Waals surface area contributed by atoms with Gasteiger partial charge in [-0.15, -0.1) is 0 Å². The quantitative estimate of drug-likeness (QED) is 0.896. The first-order valence-corrected chi connectivity index (χ1v) is 5.31. The van der Waals surface area contributed by atoms with Gasteiger partial charge in [-0.25, -0.2) is 0 Å². The van der Waals surface area contributed by atoms with Crippen LogP contribution in [0.15, 0.2) is 30.3 Å². The molecule has 1 heterocycles. The summed E-state index contributed by atoms with van der Waals surface area (Å²) in [5, 5.41) is 4.13. The normalized spacial score (nSPS) is 11.8. The fraction of sp³-hybridized carbons (Fsp3) is 0.250. The van der Waals surface area contributed by atoms with E-state index in [1.807, 2.05) is 0 Å². The highest BCUT2D eigenvalue weighted by atomic mass is 19.4. The van der Waals surface area contributed by atoms with Gasteiger partial charge in [-0.3, -0.25) is 4.68 Å². The molecule has 0 amide bonds. The Hall–Kier alpha value is -1.98. The Labute approximate surface area is 102 Å². The molecule has 96 valence electrons. The van der Waals surface area contributed by atoms with Crippen LogP contribution in [0.25, 0.3) is 11.3 Å². The number of halogens is 3. The smallest absolute Gasteiger partial charge is 0.384 e. The lowest BCUT2D eigenvalue weighted by atomic mass is 10.1. The van der Waals surface area contributed by atoms with Crippen molar-refractivity contribution in [2.75, 3.05) is 5.73 Å². The van der Waals surface area contributed by atoms with E-state index in [-0.39, 0.29) is 5.56 Å². The lowest BCUT2D eigenvalue weighted by Gasteiger charge is -2.07. The molecule has 0 unspecified atom stereocenters. The van der Waals surface area contributed by atoms with Crippen molar-refractivity contribution in [1.82, 2.24) is 9.78 Å². The van der Waals surface area contributed by atoms with Crippen molar-refractivity contribution in [3.05, 3.63) is 35.9 Å². The van der Waals surface area contributed by atoms with Crippen molar-refractivity contribution in [2.24, 2.45) is 7.05 Å². The zero-order chi connectivity index (χ0) is 13.3. The van der Waals surface area contributed by atoms with Crippen molar-refractivity contribution in [1.29, 1.82) is 0 Å². The number of nitrogen functional groups attached to an aromatic ring is 1. The number of hydrogen-bond donors (Lipinski definition) is 1. The second-order valence-electron chi connectivity index (χ2n) is 4.07. The van der Waals surface area contributed by atoms with E-state index in [4.69, 9.17) is 5.73 Å². The molecule has 0 bridgehead atoms. The predicted molar refractivity (Wildman–Crippen MR) is 62.8 cm³/mol. The predicted octanol–water partition coefficient (Wildman–Crippen LogP) is 2.77. The van der Waals surface area contributed by atoms with Crippen LogP contribution in [0.1, 0.15) is 5.56 Å². The van der Waals surface area contributed by atoms with E-state index >= 15 is 0 Å². The lowest BCUT2D eigenvalue weighted by Crippen LogP contribution is -2.11. The van der Waals surface area contributed by atoms with Gasteiger partial charge in [-0.2, -0.15) is 18.3 Å². The molecule has 0 spiro atoms. The van der Waals surface area contributed by atoms with Crippen LogP contribution in [0.5, 0.6) is 0 Å². The Morgan fingerprint density at radius 2 is 2.00 bits per heavy atom. The first-order chi connectivity index (χ1) is 8.35. The molecule has 0 aliphatic carbocycles. The average molecular weight is 255 g/mol. The number of anilines is 1. The number of aryl methyl sites for hydroxylation is 1. The summed E-state index contributed by atoms with van der Waals surface area (Å²) in [6.45, 7) is 0. The van der Waals surface area contributed by atoms with Gasteiger partial charge in [0, 0.05) is 18.7 Å². The molecular formula is C12H12F3N3. The number of alkyl halides is 3. The van der Waals surface area contributed by atoms with Gasteiger partial charge in [0.1, 0.15) is 5.82 Å². The van der Waals surface area contributed by atoms with Gasteiger partial charge in [0.25, 0.3) is 0 Å². The first-order valence-electron chi connectivity index (χ1n) is 5.31. The Morgan fingerprint density at radius 1 is 1.28 bits per heavy atom. The van der Waals surface area contributed by atoms with Crippen molar-refractivity contribution in [3.63, 3.8) is 0 Å². The third-order valence-electron chi connectivity index (χ3n) is 2.54. The van der Waals surface area contributed by atoms with Crippen LogP contribution in [-0.4, -0.2) is 16.0 Å². The Balaban J connectivity index is 2.32. The second kappa shape index (κ2) is 4.36. The first kappa shape index (κ1) is 12.5. The molecule has 0 atom stereocenters. The van der Waals surface area contributed by atoms with Gasteiger partial charge in [0.2, 0.25) is 0 Å². The van der Waals surface area contributed by atoms with Crippen molar-refractivity contribution in [3.8, 4) is 11.3 Å². The molecule has 0 aliphatic heterocycles. The SMILES string of the molecule is Cn1nc(-c2cccc(CC(F)(F)F)c2)cc1N. The molecule has 18 heavy (non-hydrogen) atoms. The number of nitrogens with zero attached hydrogens (tertiary/aromatic N) is 2. The van der Waals surface area contributed by atoms with Crippen LogP contribution in [-0.2, 0) is 13.5 Å². The van der Waals surface area contributed by atoms with Crippen molar-refractivity contribution >= 4 is 5.82 Å². The second-order valence-corrected chi connectivity index (χ2v) is 4.07. The number of rotatable bonds is 2. The van der Waals surface area contributed by atoms with Crippen LogP contribution in [0.2, 0.25) is 0 Å². The number of aromatic nitrogens is 2. The molecule has 1 aromatic carbocycles. The Bertz CT molecular complexity index is 538. The molecule has 3 nitrogen and oxygen atoms in total. The average Bonchev–Trinajstić information content (AvgIpc) is 2.57. The Kier molecular flexibility index (Phi) is 3.02. The van der Waals surface area contributed by atoms with Gasteiger partial charge in [0.05, 0.1) is 12.1 Å². The molecule has 0 saturated carbocycles. The van der Waals surface area contributed by atoms with Crippen LogP contribution >= 0.6 is 0 Å². The molecule has 6 heteroatoms. The van der Waals surface area contributed by atoms with Gasteiger partial charge in [-0.05, 0) is 11.6 Å². The summed E-state index contributed by atoms with van der Waals surface area (Å²) >= 11 is 0. The fourth-order valence-electron chi connectivity index (χ4n) is 1.69. The third kappa shape index (κ3) is 2.82. The minimum atomic E-state index is -4.21. The molecule has 2 rings (SSSR count). The van der Waals surface area contributed by atoms with Crippen LogP contribution in [0.4, 0.5) is 19.0 Å². The van der Waals surface area contributed by atoms with Gasteiger partial charge in [0.15, 0.2) is 0 Å². The number of nitrogens with two attached hydrogens (primary N) is 1. The van der Waals surface area contributed by atoms with E-state index < -0.39 is 12.6 Å². The van der Waals surface area contributed by atoms with Crippen LogP contribution in [0, 0.1) is 0 Å². The van der Waals surface area contributed by atoms with E-state index in [1.54, 1.807) is 25.2 Å². The van der Waals surface area contributed by atoms with Crippen molar-refractivity contribution < 1.29 is 13.2 Å². The maximum absolute atomic E-state index is 12.3. The zero-order valence-electron chi connectivity index (χ0n) is 9.70. The maximum Gasteiger partial charge on any atom is 0.393 e. The molecule has 2 N–H and O–H groups in total. The number of benzene rings is 1. The van der Waals surface area contributed by atoms with E-state index in [2.05, 4.69) is 5.10 Å². The monoisotopic (exact) mass is 255 g/mol. The maximum atomic E-state index is 12.3. The molecule has 0 radical (unpaired) electrons. The summed E-state index contributed by atoms with van der Waals surface area (Å²) in [7, 11) is 1.68. The zero-order valence-corrected chi connectivity index (χ0v) is 9.70. The molecule has 2 aromatic rings. The largest absolute Gasteiger partial charge is 0.393 e. The van der Waals surface area contributed by atoms with Gasteiger partial charge >= 0.3 is 6.18 Å². The van der Waals surface area contributed by atoms with E-state index in [9.17, 15) is 13.2 Å². The molecular weight excluding hydrogens is 243 g/mol.